The lowest BCUT2D eigenvalue weighted by Gasteiger charge is -2.27. The molecule has 0 atom stereocenters. The summed E-state index contributed by atoms with van der Waals surface area (Å²) < 4.78 is 0. The first-order valence-electron chi connectivity index (χ1n) is 7.00. The SMILES string of the molecule is O=c1[nH]c(N2CCCCC2)nc(O)c1-c1ccccc1Cl. The highest BCUT2D eigenvalue weighted by molar-refractivity contribution is 6.33. The van der Waals surface area contributed by atoms with Gasteiger partial charge in [-0.3, -0.25) is 9.78 Å². The molecule has 1 fully saturated rings. The Morgan fingerprint density at radius 1 is 1.19 bits per heavy atom. The molecular formula is C15H16ClN3O2. The van der Waals surface area contributed by atoms with Crippen LogP contribution in [0, 0.1) is 0 Å². The highest BCUT2D eigenvalue weighted by Crippen LogP contribution is 2.30. The molecule has 1 aliphatic rings. The Balaban J connectivity index is 2.05. The van der Waals surface area contributed by atoms with E-state index in [0.29, 0.717) is 16.5 Å². The molecule has 0 amide bonds. The molecule has 2 N–H and O–H groups in total. The van der Waals surface area contributed by atoms with Crippen LogP contribution in [0.2, 0.25) is 5.02 Å². The summed E-state index contributed by atoms with van der Waals surface area (Å²) in [6.45, 7) is 1.68. The van der Waals surface area contributed by atoms with Crippen molar-refractivity contribution >= 4 is 17.5 Å². The molecule has 0 unspecified atom stereocenters. The average Bonchev–Trinajstić information content (AvgIpc) is 2.49. The van der Waals surface area contributed by atoms with Crippen molar-refractivity contribution in [2.24, 2.45) is 0 Å². The number of nitrogens with zero attached hydrogens (tertiary/aromatic N) is 2. The Morgan fingerprint density at radius 2 is 1.90 bits per heavy atom. The number of aromatic nitrogens is 2. The molecule has 21 heavy (non-hydrogen) atoms. The zero-order valence-corrected chi connectivity index (χ0v) is 12.2. The van der Waals surface area contributed by atoms with Gasteiger partial charge in [0.2, 0.25) is 11.8 Å². The molecule has 110 valence electrons. The minimum atomic E-state index is -0.379. The smallest absolute Gasteiger partial charge is 0.264 e. The van der Waals surface area contributed by atoms with Crippen LogP contribution in [0.1, 0.15) is 19.3 Å². The van der Waals surface area contributed by atoms with Gasteiger partial charge in [0.05, 0.1) is 0 Å². The summed E-state index contributed by atoms with van der Waals surface area (Å²) in [6, 6.07) is 6.90. The van der Waals surface area contributed by atoms with Crippen LogP contribution in [0.3, 0.4) is 0 Å². The third kappa shape index (κ3) is 2.74. The number of aromatic hydroxyl groups is 1. The fourth-order valence-electron chi connectivity index (χ4n) is 2.61. The lowest BCUT2D eigenvalue weighted by Crippen LogP contribution is -2.32. The van der Waals surface area contributed by atoms with Crippen LogP contribution in [-0.4, -0.2) is 28.2 Å². The summed E-state index contributed by atoms with van der Waals surface area (Å²) in [5.41, 5.74) is 0.216. The maximum Gasteiger partial charge on any atom is 0.264 e. The number of nitrogens with one attached hydrogen (secondary N) is 1. The van der Waals surface area contributed by atoms with Crippen molar-refractivity contribution in [3.63, 3.8) is 0 Å². The molecule has 2 aromatic rings. The molecule has 0 aliphatic carbocycles. The lowest BCUT2D eigenvalue weighted by atomic mass is 10.1. The molecule has 5 nitrogen and oxygen atoms in total. The lowest BCUT2D eigenvalue weighted by molar-refractivity contribution is 0.451. The first-order chi connectivity index (χ1) is 10.2. The summed E-state index contributed by atoms with van der Waals surface area (Å²) in [6.07, 6.45) is 3.32. The first-order valence-corrected chi connectivity index (χ1v) is 7.38. The molecular weight excluding hydrogens is 290 g/mol. The highest BCUT2D eigenvalue weighted by atomic mass is 35.5. The van der Waals surface area contributed by atoms with Crippen LogP contribution >= 0.6 is 11.6 Å². The van der Waals surface area contributed by atoms with E-state index in [2.05, 4.69) is 9.97 Å². The van der Waals surface area contributed by atoms with Crippen molar-refractivity contribution in [2.75, 3.05) is 18.0 Å². The maximum atomic E-state index is 12.3. The maximum absolute atomic E-state index is 12.3. The second-order valence-corrected chi connectivity index (χ2v) is 5.52. The number of rotatable bonds is 2. The van der Waals surface area contributed by atoms with Crippen molar-refractivity contribution in [3.05, 3.63) is 39.6 Å². The molecule has 1 aliphatic heterocycles. The minimum absolute atomic E-state index is 0.112. The molecule has 1 aromatic carbocycles. The molecule has 2 heterocycles. The van der Waals surface area contributed by atoms with E-state index in [0.717, 1.165) is 25.9 Å². The summed E-state index contributed by atoms with van der Waals surface area (Å²) in [5.74, 6) is 0.139. The minimum Gasteiger partial charge on any atom is -0.493 e. The number of halogens is 1. The molecule has 0 radical (unpaired) electrons. The second kappa shape index (κ2) is 5.77. The van der Waals surface area contributed by atoms with Gasteiger partial charge >= 0.3 is 0 Å². The van der Waals surface area contributed by atoms with E-state index in [-0.39, 0.29) is 17.0 Å². The van der Waals surface area contributed by atoms with Crippen LogP contribution in [0.5, 0.6) is 5.88 Å². The van der Waals surface area contributed by atoms with E-state index in [1.165, 1.54) is 6.42 Å². The van der Waals surface area contributed by atoms with E-state index < -0.39 is 0 Å². The second-order valence-electron chi connectivity index (χ2n) is 5.12. The number of piperidine rings is 1. The summed E-state index contributed by atoms with van der Waals surface area (Å²) in [5, 5.41) is 10.6. The number of hydrogen-bond donors (Lipinski definition) is 2. The van der Waals surface area contributed by atoms with E-state index in [1.54, 1.807) is 24.3 Å². The quantitative estimate of drug-likeness (QED) is 0.895. The highest BCUT2D eigenvalue weighted by Gasteiger charge is 2.19. The summed E-state index contributed by atoms with van der Waals surface area (Å²) in [4.78, 5) is 21.2. The van der Waals surface area contributed by atoms with Gasteiger partial charge in [-0.15, -0.1) is 0 Å². The van der Waals surface area contributed by atoms with E-state index in [1.807, 2.05) is 4.90 Å². The third-order valence-corrected chi connectivity index (χ3v) is 4.02. The molecule has 0 saturated carbocycles. The average molecular weight is 306 g/mol. The fourth-order valence-corrected chi connectivity index (χ4v) is 2.84. The number of benzene rings is 1. The van der Waals surface area contributed by atoms with Gasteiger partial charge in [-0.1, -0.05) is 29.8 Å². The largest absolute Gasteiger partial charge is 0.493 e. The van der Waals surface area contributed by atoms with E-state index in [9.17, 15) is 9.90 Å². The van der Waals surface area contributed by atoms with Crippen molar-refractivity contribution < 1.29 is 5.11 Å². The first kappa shape index (κ1) is 13.9. The van der Waals surface area contributed by atoms with E-state index in [4.69, 9.17) is 11.6 Å². The normalized spacial score (nSPS) is 15.2. The van der Waals surface area contributed by atoms with Gasteiger partial charge in [-0.2, -0.15) is 4.98 Å². The monoisotopic (exact) mass is 305 g/mol. The molecule has 1 aromatic heterocycles. The van der Waals surface area contributed by atoms with Gasteiger partial charge < -0.3 is 10.0 Å². The van der Waals surface area contributed by atoms with Gasteiger partial charge in [0.25, 0.3) is 5.56 Å². The topological polar surface area (TPSA) is 69.2 Å². The Kier molecular flexibility index (Phi) is 3.84. The Morgan fingerprint density at radius 3 is 2.57 bits per heavy atom. The Bertz CT molecular complexity index is 708. The number of aromatic amines is 1. The molecule has 0 bridgehead atoms. The predicted octanol–water partition coefficient (Wildman–Crippen LogP) is 2.79. The van der Waals surface area contributed by atoms with Gasteiger partial charge in [0, 0.05) is 23.7 Å². The summed E-state index contributed by atoms with van der Waals surface area (Å²) in [7, 11) is 0. The zero-order valence-electron chi connectivity index (χ0n) is 11.5. The van der Waals surface area contributed by atoms with Crippen molar-refractivity contribution in [3.8, 4) is 17.0 Å². The number of H-pyrrole nitrogens is 1. The standard InChI is InChI=1S/C15H16ClN3O2/c16-11-7-3-2-6-10(11)12-13(20)17-15(18-14(12)21)19-8-4-1-5-9-19/h2-3,6-7H,1,4-5,8-9H2,(H2,17,18,20,21). The van der Waals surface area contributed by atoms with Crippen LogP contribution in [0.25, 0.3) is 11.1 Å². The number of anilines is 1. The molecule has 3 rings (SSSR count). The van der Waals surface area contributed by atoms with Crippen LogP contribution in [0.15, 0.2) is 29.1 Å². The van der Waals surface area contributed by atoms with Crippen molar-refractivity contribution in [2.45, 2.75) is 19.3 Å². The van der Waals surface area contributed by atoms with Crippen LogP contribution in [0.4, 0.5) is 5.95 Å². The van der Waals surface area contributed by atoms with Gasteiger partial charge in [0.1, 0.15) is 5.56 Å². The third-order valence-electron chi connectivity index (χ3n) is 3.69. The van der Waals surface area contributed by atoms with Crippen LogP contribution < -0.4 is 10.5 Å². The number of hydrogen-bond acceptors (Lipinski definition) is 4. The van der Waals surface area contributed by atoms with Crippen molar-refractivity contribution in [1.82, 2.24) is 9.97 Å². The molecule has 0 spiro atoms. The van der Waals surface area contributed by atoms with Gasteiger partial charge in [-0.25, -0.2) is 0 Å². The molecule has 1 saturated heterocycles. The van der Waals surface area contributed by atoms with Gasteiger partial charge in [-0.05, 0) is 25.3 Å². The van der Waals surface area contributed by atoms with Gasteiger partial charge in [0.15, 0.2) is 0 Å². The Hall–Kier alpha value is -2.01. The zero-order chi connectivity index (χ0) is 14.8. The van der Waals surface area contributed by atoms with Crippen LogP contribution in [-0.2, 0) is 0 Å². The van der Waals surface area contributed by atoms with E-state index >= 15 is 0 Å². The molecule has 6 heteroatoms. The summed E-state index contributed by atoms with van der Waals surface area (Å²) >= 11 is 6.09. The predicted molar refractivity (Wildman–Crippen MR) is 83.0 cm³/mol. The fraction of sp³-hybridized carbons (Fsp3) is 0.333. The Labute approximate surface area is 127 Å². The van der Waals surface area contributed by atoms with Crippen molar-refractivity contribution in [1.29, 1.82) is 0 Å².